The minimum absolute atomic E-state index is 0.246. The highest BCUT2D eigenvalue weighted by Gasteiger charge is 2.18. The van der Waals surface area contributed by atoms with Gasteiger partial charge in [0.05, 0.1) is 47.8 Å². The van der Waals surface area contributed by atoms with Crippen LogP contribution in [0.1, 0.15) is 32.4 Å². The van der Waals surface area contributed by atoms with Crippen LogP contribution in [0.2, 0.25) is 0 Å². The number of tetrazole rings is 2. The normalized spacial score (nSPS) is 13.5. The average molecular weight is 449 g/mol. The van der Waals surface area contributed by atoms with E-state index in [9.17, 15) is 9.59 Å². The van der Waals surface area contributed by atoms with Crippen LogP contribution in [-0.2, 0) is 13.1 Å². The third kappa shape index (κ3) is 3.72. The zero-order chi connectivity index (χ0) is 22.9. The third-order valence-electron chi connectivity index (χ3n) is 5.51. The predicted octanol–water partition coefficient (Wildman–Crippen LogP) is -0.613. The fourth-order valence-electron chi connectivity index (χ4n) is 3.72. The summed E-state index contributed by atoms with van der Waals surface area (Å²) in [6.45, 7) is 4.58. The monoisotopic (exact) mass is 449 g/mol. The molecule has 5 rings (SSSR count). The van der Waals surface area contributed by atoms with Crippen LogP contribution in [0.5, 0.6) is 0 Å². The van der Waals surface area contributed by atoms with Crippen molar-refractivity contribution in [3.8, 4) is 0 Å². The molecule has 1 aromatic carbocycles. The zero-order valence-electron chi connectivity index (χ0n) is 17.8. The Morgan fingerprint density at radius 2 is 1.52 bits per heavy atom. The molecule has 0 spiro atoms. The summed E-state index contributed by atoms with van der Waals surface area (Å²) < 4.78 is 5.90. The van der Waals surface area contributed by atoms with Gasteiger partial charge in [-0.15, -0.1) is 15.3 Å². The standard InChI is InChI=1S/C18H19N13O2/c1-3-12(7-29-10-21-24-27-29)31-18(33)14-4-15-13(5-16(14)22-25-31)17(32)30(8-19-15)11(2)6-28-9-20-23-26-28/h4-5,8-12H,3,6-7H2,1-2H3/t11-,12-/m1/s1. The summed E-state index contributed by atoms with van der Waals surface area (Å²) in [7, 11) is 0. The summed E-state index contributed by atoms with van der Waals surface area (Å²) in [5.74, 6) is 0. The van der Waals surface area contributed by atoms with Crippen LogP contribution < -0.4 is 11.1 Å². The maximum absolute atomic E-state index is 13.2. The van der Waals surface area contributed by atoms with Gasteiger partial charge in [0.1, 0.15) is 18.2 Å². The lowest BCUT2D eigenvalue weighted by Crippen LogP contribution is -2.31. The molecular weight excluding hydrogens is 430 g/mol. The molecule has 0 unspecified atom stereocenters. The second-order valence-electron chi connectivity index (χ2n) is 7.66. The van der Waals surface area contributed by atoms with E-state index < -0.39 is 0 Å². The Balaban J connectivity index is 1.55. The number of aromatic nitrogens is 13. The third-order valence-corrected chi connectivity index (χ3v) is 5.51. The first-order valence-corrected chi connectivity index (χ1v) is 10.3. The molecule has 4 aromatic heterocycles. The minimum atomic E-state index is -0.320. The van der Waals surface area contributed by atoms with E-state index >= 15 is 0 Å². The van der Waals surface area contributed by atoms with Gasteiger partial charge in [-0.25, -0.2) is 19.0 Å². The summed E-state index contributed by atoms with van der Waals surface area (Å²) in [4.78, 5) is 30.8. The molecule has 0 radical (unpaired) electrons. The molecule has 0 aliphatic rings. The first kappa shape index (κ1) is 20.5. The quantitative estimate of drug-likeness (QED) is 0.290. The number of rotatable bonds is 7. The summed E-state index contributed by atoms with van der Waals surface area (Å²) in [6, 6.07) is 2.60. The molecule has 0 bridgehead atoms. The van der Waals surface area contributed by atoms with Gasteiger partial charge in [-0.2, -0.15) is 0 Å². The molecule has 0 saturated carbocycles. The minimum Gasteiger partial charge on any atom is -0.294 e. The first-order valence-electron chi connectivity index (χ1n) is 10.3. The lowest BCUT2D eigenvalue weighted by Gasteiger charge is -2.16. The number of benzene rings is 1. The molecule has 5 aromatic rings. The Hall–Kier alpha value is -4.43. The molecule has 15 nitrogen and oxygen atoms in total. The highest BCUT2D eigenvalue weighted by atomic mass is 16.1. The van der Waals surface area contributed by atoms with E-state index in [4.69, 9.17) is 0 Å². The van der Waals surface area contributed by atoms with Gasteiger partial charge in [-0.1, -0.05) is 12.1 Å². The van der Waals surface area contributed by atoms with Crippen LogP contribution in [0.25, 0.3) is 21.8 Å². The van der Waals surface area contributed by atoms with Crippen LogP contribution in [0.3, 0.4) is 0 Å². The van der Waals surface area contributed by atoms with Crippen molar-refractivity contribution in [1.29, 1.82) is 0 Å². The average Bonchev–Trinajstić information content (AvgIpc) is 3.52. The smallest absolute Gasteiger partial charge is 0.278 e. The van der Waals surface area contributed by atoms with Gasteiger partial charge >= 0.3 is 0 Å². The van der Waals surface area contributed by atoms with Crippen molar-refractivity contribution in [2.75, 3.05) is 0 Å². The lowest BCUT2D eigenvalue weighted by atomic mass is 10.1. The van der Waals surface area contributed by atoms with Crippen molar-refractivity contribution >= 4 is 21.8 Å². The molecule has 0 N–H and O–H groups in total. The Morgan fingerprint density at radius 3 is 2.18 bits per heavy atom. The fourth-order valence-corrected chi connectivity index (χ4v) is 3.72. The summed E-state index contributed by atoms with van der Waals surface area (Å²) >= 11 is 0. The van der Waals surface area contributed by atoms with Crippen molar-refractivity contribution in [2.24, 2.45) is 0 Å². The lowest BCUT2D eigenvalue weighted by molar-refractivity contribution is 0.342. The van der Waals surface area contributed by atoms with Gasteiger partial charge in [-0.3, -0.25) is 14.2 Å². The van der Waals surface area contributed by atoms with Crippen molar-refractivity contribution in [3.05, 3.63) is 51.8 Å². The SMILES string of the molecule is CC[C@H](Cn1cnnn1)n1nnc2cc3c(=O)n([C@H](C)Cn4cnnn4)cnc3cc2c1=O. The number of hydrogen-bond acceptors (Lipinski definition) is 11. The van der Waals surface area contributed by atoms with Gasteiger partial charge in [0.2, 0.25) is 0 Å². The van der Waals surface area contributed by atoms with Crippen molar-refractivity contribution in [3.63, 3.8) is 0 Å². The van der Waals surface area contributed by atoms with Crippen LogP contribution in [0, 0.1) is 0 Å². The van der Waals surface area contributed by atoms with Crippen molar-refractivity contribution in [2.45, 2.75) is 45.4 Å². The maximum Gasteiger partial charge on any atom is 0.278 e. The van der Waals surface area contributed by atoms with Gasteiger partial charge in [-0.05, 0) is 46.3 Å². The molecule has 0 amide bonds. The molecular formula is C18H19N13O2. The molecule has 2 atom stereocenters. The van der Waals surface area contributed by atoms with Gasteiger partial charge in [0, 0.05) is 0 Å². The summed E-state index contributed by atoms with van der Waals surface area (Å²) in [6.07, 6.45) is 5.04. The summed E-state index contributed by atoms with van der Waals surface area (Å²) in [5, 5.41) is 31.1. The Labute approximate surface area is 184 Å². The maximum atomic E-state index is 13.2. The van der Waals surface area contributed by atoms with E-state index in [0.29, 0.717) is 41.3 Å². The Kier molecular flexibility index (Phi) is 5.12. The highest BCUT2D eigenvalue weighted by Crippen LogP contribution is 2.17. The number of fused-ring (bicyclic) bond motifs is 2. The molecule has 0 aliphatic heterocycles. The van der Waals surface area contributed by atoms with Crippen molar-refractivity contribution < 1.29 is 0 Å². The number of nitrogens with zero attached hydrogens (tertiary/aromatic N) is 13. The molecule has 0 saturated heterocycles. The molecule has 168 valence electrons. The second kappa shape index (κ2) is 8.25. The molecule has 33 heavy (non-hydrogen) atoms. The van der Waals surface area contributed by atoms with E-state index in [1.807, 2.05) is 13.8 Å². The fraction of sp³-hybridized carbons (Fsp3) is 0.389. The van der Waals surface area contributed by atoms with Crippen LogP contribution in [-0.4, -0.2) is 65.0 Å². The van der Waals surface area contributed by atoms with Crippen LogP contribution in [0.4, 0.5) is 0 Å². The highest BCUT2D eigenvalue weighted by molar-refractivity contribution is 5.93. The molecule has 4 heterocycles. The van der Waals surface area contributed by atoms with Crippen LogP contribution in [0.15, 0.2) is 40.7 Å². The molecule has 0 fully saturated rings. The van der Waals surface area contributed by atoms with Gasteiger partial charge in [0.15, 0.2) is 0 Å². The largest absolute Gasteiger partial charge is 0.294 e. The zero-order valence-corrected chi connectivity index (χ0v) is 17.8. The number of hydrogen-bond donors (Lipinski definition) is 0. The van der Waals surface area contributed by atoms with Gasteiger partial charge in [0.25, 0.3) is 11.1 Å². The molecule has 15 heteroatoms. The topological polar surface area (TPSA) is 170 Å². The Bertz CT molecular complexity index is 1520. The van der Waals surface area contributed by atoms with E-state index in [1.54, 1.807) is 12.1 Å². The summed E-state index contributed by atoms with van der Waals surface area (Å²) in [5.41, 5.74) is 0.160. The van der Waals surface area contributed by atoms with E-state index in [-0.39, 0.29) is 23.2 Å². The van der Waals surface area contributed by atoms with E-state index in [0.717, 1.165) is 0 Å². The van der Waals surface area contributed by atoms with E-state index in [2.05, 4.69) is 46.3 Å². The van der Waals surface area contributed by atoms with E-state index in [1.165, 1.54) is 37.6 Å². The van der Waals surface area contributed by atoms with Gasteiger partial charge < -0.3 is 0 Å². The van der Waals surface area contributed by atoms with Crippen molar-refractivity contribution in [1.82, 2.24) is 65.0 Å². The second-order valence-corrected chi connectivity index (χ2v) is 7.66. The van der Waals surface area contributed by atoms with Crippen LogP contribution >= 0.6 is 0 Å². The molecule has 0 aliphatic carbocycles. The first-order chi connectivity index (χ1) is 16.0. The predicted molar refractivity (Wildman–Crippen MR) is 113 cm³/mol. The Morgan fingerprint density at radius 1 is 0.848 bits per heavy atom.